The van der Waals surface area contributed by atoms with Gasteiger partial charge in [-0.05, 0) is 44.2 Å². The zero-order valence-corrected chi connectivity index (χ0v) is 13.0. The van der Waals surface area contributed by atoms with Gasteiger partial charge in [-0.15, -0.1) is 0 Å². The number of carbonyl (C=O) groups is 1. The molecule has 0 aliphatic heterocycles. The maximum atomic E-state index is 12.3. The predicted octanol–water partition coefficient (Wildman–Crippen LogP) is 3.22. The number of aromatic hydroxyl groups is 1. The van der Waals surface area contributed by atoms with Crippen molar-refractivity contribution in [3.8, 4) is 11.8 Å². The number of aromatic nitrogens is 2. The number of carbonyl (C=O) groups excluding carboxylic acids is 1. The Morgan fingerprint density at radius 2 is 2.14 bits per heavy atom. The van der Waals surface area contributed by atoms with Gasteiger partial charge in [-0.1, -0.05) is 15.9 Å². The van der Waals surface area contributed by atoms with E-state index in [1.165, 1.54) is 16.8 Å². The van der Waals surface area contributed by atoms with Crippen molar-refractivity contribution < 1.29 is 9.90 Å². The maximum Gasteiger partial charge on any atom is 0.289 e. The number of rotatable bonds is 2. The summed E-state index contributed by atoms with van der Waals surface area (Å²) in [5.41, 5.74) is 1.63. The summed E-state index contributed by atoms with van der Waals surface area (Å²) in [6, 6.07) is 8.39. The largest absolute Gasteiger partial charge is 0.507 e. The van der Waals surface area contributed by atoms with E-state index in [4.69, 9.17) is 0 Å². The van der Waals surface area contributed by atoms with Crippen LogP contribution in [0.2, 0.25) is 0 Å². The lowest BCUT2D eigenvalue weighted by molar-refractivity contribution is 0.0944. The minimum absolute atomic E-state index is 0.00730. The molecular weight excluding hydrogens is 334 g/mol. The van der Waals surface area contributed by atoms with Crippen molar-refractivity contribution >= 4 is 27.9 Å². The molecule has 0 saturated heterocycles. The lowest BCUT2D eigenvalue weighted by Crippen LogP contribution is -2.15. The molecule has 0 saturated carbocycles. The molecule has 1 aromatic carbocycles. The van der Waals surface area contributed by atoms with Crippen LogP contribution in [0.5, 0.6) is 5.75 Å². The Morgan fingerprint density at radius 3 is 2.71 bits per heavy atom. The first-order valence-corrected chi connectivity index (χ1v) is 6.90. The molecular formula is C15H12BrN3O2. The monoisotopic (exact) mass is 345 g/mol. The fourth-order valence-electron chi connectivity index (χ4n) is 1.89. The first kappa shape index (κ1) is 15.0. The molecule has 0 radical (unpaired) electrons. The molecule has 106 valence electrons. The van der Waals surface area contributed by atoms with Crippen LogP contribution in [-0.2, 0) is 0 Å². The topological polar surface area (TPSA) is 78.9 Å². The molecule has 6 heteroatoms. The number of nitrogens with zero attached hydrogens (tertiary/aromatic N) is 3. The molecule has 0 aliphatic rings. The van der Waals surface area contributed by atoms with E-state index in [1.54, 1.807) is 32.0 Å². The number of hydrogen-bond donors (Lipinski definition) is 1. The van der Waals surface area contributed by atoms with E-state index in [-0.39, 0.29) is 11.3 Å². The van der Waals surface area contributed by atoms with Gasteiger partial charge in [0.15, 0.2) is 0 Å². The van der Waals surface area contributed by atoms with Gasteiger partial charge in [0.05, 0.1) is 5.69 Å². The van der Waals surface area contributed by atoms with E-state index >= 15 is 0 Å². The van der Waals surface area contributed by atoms with Crippen LogP contribution in [0, 0.1) is 25.2 Å². The van der Waals surface area contributed by atoms with E-state index in [9.17, 15) is 15.2 Å². The molecule has 0 unspecified atom stereocenters. The number of allylic oxidation sites excluding steroid dienone is 1. The smallest absolute Gasteiger partial charge is 0.289 e. The Balaban J connectivity index is 2.47. The number of nitriles is 1. The standard InChI is InChI=1S/C15H12BrN3O2/c1-9-5-10(2)19(18-9)15(21)12(8-17)6-11-7-13(16)3-4-14(11)20/h3-7,20H,1-2H3/b12-6+. The van der Waals surface area contributed by atoms with Gasteiger partial charge in [0, 0.05) is 15.7 Å². The van der Waals surface area contributed by atoms with Crippen LogP contribution in [0.3, 0.4) is 0 Å². The highest BCUT2D eigenvalue weighted by molar-refractivity contribution is 9.10. The van der Waals surface area contributed by atoms with E-state index in [1.807, 2.05) is 6.07 Å². The van der Waals surface area contributed by atoms with Crippen LogP contribution in [-0.4, -0.2) is 20.8 Å². The number of halogens is 1. The van der Waals surface area contributed by atoms with Crippen LogP contribution in [0.4, 0.5) is 0 Å². The molecule has 2 aromatic rings. The molecule has 0 atom stereocenters. The Kier molecular flexibility index (Phi) is 4.24. The van der Waals surface area contributed by atoms with Gasteiger partial charge in [0.25, 0.3) is 5.91 Å². The molecule has 0 fully saturated rings. The van der Waals surface area contributed by atoms with E-state index in [0.717, 1.165) is 4.47 Å². The average Bonchev–Trinajstić information content (AvgIpc) is 2.78. The lowest BCUT2D eigenvalue weighted by atomic mass is 10.1. The van der Waals surface area contributed by atoms with Gasteiger partial charge >= 0.3 is 0 Å². The molecule has 0 amide bonds. The molecule has 1 aromatic heterocycles. The third kappa shape index (κ3) is 3.20. The van der Waals surface area contributed by atoms with Crippen molar-refractivity contribution in [1.29, 1.82) is 5.26 Å². The van der Waals surface area contributed by atoms with Crippen LogP contribution in [0.1, 0.15) is 21.7 Å². The quantitative estimate of drug-likeness (QED) is 0.669. The van der Waals surface area contributed by atoms with E-state index < -0.39 is 5.91 Å². The summed E-state index contributed by atoms with van der Waals surface area (Å²) in [5, 5.41) is 23.0. The normalized spacial score (nSPS) is 11.2. The minimum Gasteiger partial charge on any atom is -0.507 e. The number of hydrogen-bond acceptors (Lipinski definition) is 4. The van der Waals surface area contributed by atoms with Crippen LogP contribution < -0.4 is 0 Å². The number of phenolic OH excluding ortho intramolecular Hbond substituents is 1. The van der Waals surface area contributed by atoms with E-state index in [2.05, 4.69) is 21.0 Å². The fourth-order valence-corrected chi connectivity index (χ4v) is 2.27. The van der Waals surface area contributed by atoms with E-state index in [0.29, 0.717) is 17.0 Å². The van der Waals surface area contributed by atoms with Crippen LogP contribution in [0.15, 0.2) is 34.3 Å². The van der Waals surface area contributed by atoms with Crippen molar-refractivity contribution in [3.63, 3.8) is 0 Å². The summed E-state index contributed by atoms with van der Waals surface area (Å²) in [6.45, 7) is 3.51. The summed E-state index contributed by atoms with van der Waals surface area (Å²) in [6.07, 6.45) is 1.35. The zero-order valence-electron chi connectivity index (χ0n) is 11.5. The summed E-state index contributed by atoms with van der Waals surface area (Å²) in [5.74, 6) is -0.533. The third-order valence-electron chi connectivity index (χ3n) is 2.84. The summed E-state index contributed by atoms with van der Waals surface area (Å²) < 4.78 is 1.92. The number of benzene rings is 1. The summed E-state index contributed by atoms with van der Waals surface area (Å²) in [7, 11) is 0. The minimum atomic E-state index is -0.525. The van der Waals surface area contributed by atoms with Crippen molar-refractivity contribution in [2.45, 2.75) is 13.8 Å². The molecule has 0 aliphatic carbocycles. The fraction of sp³-hybridized carbons (Fsp3) is 0.133. The molecule has 0 bridgehead atoms. The molecule has 0 spiro atoms. The van der Waals surface area contributed by atoms with Gasteiger partial charge in [-0.25, -0.2) is 4.68 Å². The summed E-state index contributed by atoms with van der Waals surface area (Å²) >= 11 is 3.28. The van der Waals surface area contributed by atoms with Gasteiger partial charge < -0.3 is 5.11 Å². The van der Waals surface area contributed by atoms with Crippen LogP contribution in [0.25, 0.3) is 6.08 Å². The molecule has 21 heavy (non-hydrogen) atoms. The Labute approximate surface area is 130 Å². The van der Waals surface area contributed by atoms with Crippen LogP contribution >= 0.6 is 15.9 Å². The highest BCUT2D eigenvalue weighted by Gasteiger charge is 2.16. The molecule has 5 nitrogen and oxygen atoms in total. The van der Waals surface area contributed by atoms with Gasteiger partial charge in [-0.3, -0.25) is 4.79 Å². The van der Waals surface area contributed by atoms with Crippen molar-refractivity contribution in [2.75, 3.05) is 0 Å². The number of aryl methyl sites for hydroxylation is 2. The zero-order chi connectivity index (χ0) is 15.6. The average molecular weight is 346 g/mol. The Hall–Kier alpha value is -2.39. The van der Waals surface area contributed by atoms with Crippen molar-refractivity contribution in [2.24, 2.45) is 0 Å². The predicted molar refractivity (Wildman–Crippen MR) is 81.7 cm³/mol. The molecule has 1 N–H and O–H groups in total. The van der Waals surface area contributed by atoms with Gasteiger partial charge in [-0.2, -0.15) is 10.4 Å². The first-order chi connectivity index (χ1) is 9.92. The number of phenols is 1. The second kappa shape index (κ2) is 5.94. The van der Waals surface area contributed by atoms with Crippen molar-refractivity contribution in [3.05, 3.63) is 51.3 Å². The lowest BCUT2D eigenvalue weighted by Gasteiger charge is -2.03. The third-order valence-corrected chi connectivity index (χ3v) is 3.34. The van der Waals surface area contributed by atoms with Gasteiger partial charge in [0.1, 0.15) is 17.4 Å². The second-order valence-corrected chi connectivity index (χ2v) is 5.43. The second-order valence-electron chi connectivity index (χ2n) is 4.52. The molecule has 2 rings (SSSR count). The Morgan fingerprint density at radius 1 is 1.43 bits per heavy atom. The Bertz CT molecular complexity index is 785. The summed E-state index contributed by atoms with van der Waals surface area (Å²) in [4.78, 5) is 12.3. The molecule has 1 heterocycles. The maximum absolute atomic E-state index is 12.3. The highest BCUT2D eigenvalue weighted by atomic mass is 79.9. The van der Waals surface area contributed by atoms with Gasteiger partial charge in [0.2, 0.25) is 0 Å². The first-order valence-electron chi connectivity index (χ1n) is 6.10. The highest BCUT2D eigenvalue weighted by Crippen LogP contribution is 2.24. The van der Waals surface area contributed by atoms with Crippen molar-refractivity contribution in [1.82, 2.24) is 9.78 Å². The SMILES string of the molecule is Cc1cc(C)n(C(=O)/C(C#N)=C/c2cc(Br)ccc2O)n1.